The number of hydrogen-bond donors (Lipinski definition) is 1. The molecule has 1 aliphatic carbocycles. The first kappa shape index (κ1) is 15.5. The molecule has 1 saturated carbocycles. The fourth-order valence-electron chi connectivity index (χ4n) is 3.10. The molecule has 1 aromatic rings. The Kier molecular flexibility index (Phi) is 4.66. The molecule has 4 heteroatoms. The molecule has 0 heterocycles. The first-order chi connectivity index (χ1) is 9.95. The van der Waals surface area contributed by atoms with E-state index in [9.17, 15) is 9.59 Å². The molecule has 1 N–H and O–H groups in total. The molecule has 4 nitrogen and oxygen atoms in total. The second-order valence-corrected chi connectivity index (χ2v) is 6.31. The van der Waals surface area contributed by atoms with Gasteiger partial charge in [0, 0.05) is 5.92 Å². The van der Waals surface area contributed by atoms with Crippen LogP contribution in [0.5, 0.6) is 0 Å². The summed E-state index contributed by atoms with van der Waals surface area (Å²) in [5, 5.41) is 2.87. The van der Waals surface area contributed by atoms with Crippen LogP contribution in [-0.4, -0.2) is 19.0 Å². The lowest BCUT2D eigenvalue weighted by molar-refractivity contribution is -0.146. The van der Waals surface area contributed by atoms with Gasteiger partial charge in [-0.3, -0.25) is 4.79 Å². The van der Waals surface area contributed by atoms with Gasteiger partial charge in [0.25, 0.3) is 0 Å². The van der Waals surface area contributed by atoms with Crippen molar-refractivity contribution in [3.05, 3.63) is 35.9 Å². The lowest BCUT2D eigenvalue weighted by atomic mass is 9.81. The highest BCUT2D eigenvalue weighted by Crippen LogP contribution is 2.42. The van der Waals surface area contributed by atoms with Gasteiger partial charge < -0.3 is 10.1 Å². The topological polar surface area (TPSA) is 55.4 Å². The molecule has 0 radical (unpaired) electrons. The zero-order valence-corrected chi connectivity index (χ0v) is 12.9. The van der Waals surface area contributed by atoms with E-state index >= 15 is 0 Å². The van der Waals surface area contributed by atoms with E-state index in [0.29, 0.717) is 0 Å². The summed E-state index contributed by atoms with van der Waals surface area (Å²) in [5.74, 6) is -0.546. The van der Waals surface area contributed by atoms with Gasteiger partial charge in [-0.05, 0) is 23.8 Å². The number of nitrogens with one attached hydrogen (secondary N) is 1. The highest BCUT2D eigenvalue weighted by atomic mass is 16.5. The maximum absolute atomic E-state index is 12.5. The van der Waals surface area contributed by atoms with Gasteiger partial charge in [0.05, 0.1) is 7.11 Å². The van der Waals surface area contributed by atoms with Gasteiger partial charge >= 0.3 is 5.97 Å². The van der Waals surface area contributed by atoms with Gasteiger partial charge in [-0.25, -0.2) is 4.79 Å². The summed E-state index contributed by atoms with van der Waals surface area (Å²) >= 11 is 0. The molecule has 2 unspecified atom stereocenters. The molecule has 0 bridgehead atoms. The number of benzene rings is 1. The summed E-state index contributed by atoms with van der Waals surface area (Å²) in [5.41, 5.74) is 0.732. The molecular formula is C17H23NO3. The van der Waals surface area contributed by atoms with E-state index in [1.165, 1.54) is 7.11 Å². The Labute approximate surface area is 125 Å². The van der Waals surface area contributed by atoms with E-state index < -0.39 is 12.0 Å². The fourth-order valence-corrected chi connectivity index (χ4v) is 3.10. The van der Waals surface area contributed by atoms with Gasteiger partial charge in [-0.2, -0.15) is 0 Å². The van der Waals surface area contributed by atoms with Gasteiger partial charge in [0.1, 0.15) is 0 Å². The number of amides is 1. The van der Waals surface area contributed by atoms with Crippen LogP contribution < -0.4 is 5.32 Å². The van der Waals surface area contributed by atoms with Crippen molar-refractivity contribution < 1.29 is 14.3 Å². The Hall–Kier alpha value is -1.84. The van der Waals surface area contributed by atoms with Crippen molar-refractivity contribution in [2.75, 3.05) is 7.11 Å². The third kappa shape index (κ3) is 3.43. The summed E-state index contributed by atoms with van der Waals surface area (Å²) in [7, 11) is 1.34. The summed E-state index contributed by atoms with van der Waals surface area (Å²) in [6, 6.07) is 8.47. The van der Waals surface area contributed by atoms with E-state index in [2.05, 4.69) is 19.2 Å². The van der Waals surface area contributed by atoms with E-state index in [-0.39, 0.29) is 17.2 Å². The monoisotopic (exact) mass is 289 g/mol. The third-order valence-electron chi connectivity index (χ3n) is 4.43. The van der Waals surface area contributed by atoms with Gasteiger partial charge in [0.2, 0.25) is 5.91 Å². The largest absolute Gasteiger partial charge is 0.467 e. The van der Waals surface area contributed by atoms with Crippen molar-refractivity contribution in [3.8, 4) is 0 Å². The normalized spacial score (nSPS) is 21.6. The molecule has 1 fully saturated rings. The highest BCUT2D eigenvalue weighted by Gasteiger charge is 2.40. The average molecular weight is 289 g/mol. The van der Waals surface area contributed by atoms with Crippen LogP contribution in [0.3, 0.4) is 0 Å². The first-order valence-electron chi connectivity index (χ1n) is 7.39. The van der Waals surface area contributed by atoms with Crippen LogP contribution in [0.25, 0.3) is 0 Å². The minimum atomic E-state index is -0.736. The Morgan fingerprint density at radius 2 is 1.95 bits per heavy atom. The zero-order valence-electron chi connectivity index (χ0n) is 12.9. The van der Waals surface area contributed by atoms with Crippen LogP contribution in [0.2, 0.25) is 0 Å². The number of ether oxygens (including phenoxy) is 1. The Morgan fingerprint density at radius 3 is 2.48 bits per heavy atom. The second kappa shape index (κ2) is 6.29. The standard InChI is InChI=1S/C17H23NO3/c1-17(2)11-7-10-13(17)15(19)18-14(16(20)21-3)12-8-5-4-6-9-12/h4-6,8-9,13-14H,7,10-11H2,1-3H3,(H,18,19). The molecule has 21 heavy (non-hydrogen) atoms. The van der Waals surface area contributed by atoms with Crippen molar-refractivity contribution in [3.63, 3.8) is 0 Å². The molecule has 2 rings (SSSR count). The molecule has 1 aliphatic rings. The van der Waals surface area contributed by atoms with E-state index in [0.717, 1.165) is 24.8 Å². The number of methoxy groups -OCH3 is 1. The van der Waals surface area contributed by atoms with E-state index in [4.69, 9.17) is 4.74 Å². The van der Waals surface area contributed by atoms with Crippen LogP contribution in [0.1, 0.15) is 44.7 Å². The molecule has 0 saturated heterocycles. The fraction of sp³-hybridized carbons (Fsp3) is 0.529. The molecule has 2 atom stereocenters. The minimum absolute atomic E-state index is 0.0125. The summed E-state index contributed by atoms with van der Waals surface area (Å²) < 4.78 is 4.83. The van der Waals surface area contributed by atoms with Gasteiger partial charge in [-0.1, -0.05) is 50.6 Å². The summed E-state index contributed by atoms with van der Waals surface area (Å²) in [4.78, 5) is 24.5. The van der Waals surface area contributed by atoms with Gasteiger partial charge in [0.15, 0.2) is 6.04 Å². The quantitative estimate of drug-likeness (QED) is 0.867. The number of hydrogen-bond acceptors (Lipinski definition) is 3. The maximum atomic E-state index is 12.5. The SMILES string of the molecule is COC(=O)C(NC(=O)C1CCCC1(C)C)c1ccccc1. The highest BCUT2D eigenvalue weighted by molar-refractivity contribution is 5.87. The number of carbonyl (C=O) groups excluding carboxylic acids is 2. The van der Waals surface area contributed by atoms with Crippen molar-refractivity contribution in [2.45, 2.75) is 39.2 Å². The number of esters is 1. The van der Waals surface area contributed by atoms with Crippen molar-refractivity contribution in [1.29, 1.82) is 0 Å². The minimum Gasteiger partial charge on any atom is -0.467 e. The third-order valence-corrected chi connectivity index (χ3v) is 4.43. The number of rotatable bonds is 4. The summed E-state index contributed by atoms with van der Waals surface area (Å²) in [6.07, 6.45) is 2.97. The second-order valence-electron chi connectivity index (χ2n) is 6.31. The molecule has 0 aliphatic heterocycles. The predicted octanol–water partition coefficient (Wildman–Crippen LogP) is 2.84. The molecule has 1 aromatic carbocycles. The van der Waals surface area contributed by atoms with Crippen LogP contribution >= 0.6 is 0 Å². The van der Waals surface area contributed by atoms with Crippen LogP contribution in [0, 0.1) is 11.3 Å². The van der Waals surface area contributed by atoms with E-state index in [1.54, 1.807) is 0 Å². The van der Waals surface area contributed by atoms with Crippen molar-refractivity contribution in [2.24, 2.45) is 11.3 Å². The number of carbonyl (C=O) groups is 2. The van der Waals surface area contributed by atoms with Crippen LogP contribution in [-0.2, 0) is 14.3 Å². The lowest BCUT2D eigenvalue weighted by Crippen LogP contribution is -2.41. The van der Waals surface area contributed by atoms with Crippen molar-refractivity contribution >= 4 is 11.9 Å². The molecule has 114 valence electrons. The van der Waals surface area contributed by atoms with Crippen LogP contribution in [0.4, 0.5) is 0 Å². The molecule has 0 aromatic heterocycles. The summed E-state index contributed by atoms with van der Waals surface area (Å²) in [6.45, 7) is 4.22. The smallest absolute Gasteiger partial charge is 0.333 e. The van der Waals surface area contributed by atoms with Gasteiger partial charge in [-0.15, -0.1) is 0 Å². The van der Waals surface area contributed by atoms with Crippen molar-refractivity contribution in [1.82, 2.24) is 5.32 Å². The first-order valence-corrected chi connectivity index (χ1v) is 7.39. The van der Waals surface area contributed by atoms with E-state index in [1.807, 2.05) is 30.3 Å². The lowest BCUT2D eigenvalue weighted by Gasteiger charge is -2.27. The predicted molar refractivity (Wildman–Crippen MR) is 80.5 cm³/mol. The average Bonchev–Trinajstić information content (AvgIpc) is 2.84. The maximum Gasteiger partial charge on any atom is 0.333 e. The zero-order chi connectivity index (χ0) is 15.5. The Morgan fingerprint density at radius 1 is 1.29 bits per heavy atom. The molecule has 0 spiro atoms. The Bertz CT molecular complexity index is 510. The molecule has 1 amide bonds. The molecular weight excluding hydrogens is 266 g/mol. The van der Waals surface area contributed by atoms with Crippen LogP contribution in [0.15, 0.2) is 30.3 Å². The Balaban J connectivity index is 2.16.